The fourth-order valence-electron chi connectivity index (χ4n) is 4.17. The van der Waals surface area contributed by atoms with E-state index < -0.39 is 23.2 Å². The number of aromatic hydroxyl groups is 1. The van der Waals surface area contributed by atoms with Gasteiger partial charge >= 0.3 is 5.69 Å². The van der Waals surface area contributed by atoms with Gasteiger partial charge in [-0.25, -0.2) is 9.80 Å². The molecule has 34 heavy (non-hydrogen) atoms. The van der Waals surface area contributed by atoms with Crippen LogP contribution in [0.2, 0.25) is 0 Å². The summed E-state index contributed by atoms with van der Waals surface area (Å²) >= 11 is 0. The van der Waals surface area contributed by atoms with Gasteiger partial charge in [0.25, 0.3) is 5.56 Å². The van der Waals surface area contributed by atoms with Crippen LogP contribution in [0.25, 0.3) is 0 Å². The zero-order chi connectivity index (χ0) is 23.8. The number of rotatable bonds is 5. The third-order valence-corrected chi connectivity index (χ3v) is 5.89. The van der Waals surface area contributed by atoms with Gasteiger partial charge in [0.1, 0.15) is 5.56 Å². The van der Waals surface area contributed by atoms with Crippen LogP contribution >= 0.6 is 0 Å². The van der Waals surface area contributed by atoms with E-state index in [0.29, 0.717) is 11.5 Å². The van der Waals surface area contributed by atoms with E-state index >= 15 is 0 Å². The molecule has 1 unspecified atom stereocenters. The smallest absolute Gasteiger partial charge is 0.331 e. The minimum absolute atomic E-state index is 0.0613. The molecular weight excluding hydrogens is 440 g/mol. The maximum absolute atomic E-state index is 12.7. The van der Waals surface area contributed by atoms with Crippen molar-refractivity contribution in [2.75, 3.05) is 6.79 Å². The largest absolute Gasteiger partial charge is 0.494 e. The number of hydrogen-bond acceptors (Lipinski definition) is 7. The second kappa shape index (κ2) is 8.54. The molecule has 10 nitrogen and oxygen atoms in total. The van der Waals surface area contributed by atoms with Crippen molar-refractivity contribution < 1.29 is 19.4 Å². The van der Waals surface area contributed by atoms with Crippen LogP contribution in [0.15, 0.2) is 63.2 Å². The highest BCUT2D eigenvalue weighted by atomic mass is 16.7. The van der Waals surface area contributed by atoms with Crippen LogP contribution < -0.4 is 20.7 Å². The Bertz CT molecular complexity index is 1410. The molecule has 2 aliphatic rings. The number of nitrogens with one attached hydrogen (secondary N) is 1. The summed E-state index contributed by atoms with van der Waals surface area (Å²) in [5.74, 6) is 0.433. The normalized spacial score (nSPS) is 16.6. The number of hydrazone groups is 1. The molecule has 0 aliphatic carbocycles. The van der Waals surface area contributed by atoms with Crippen LogP contribution in [0, 0.1) is 0 Å². The number of carbonyl (C=O) groups is 1. The lowest BCUT2D eigenvalue weighted by Crippen LogP contribution is -2.34. The first-order chi connectivity index (χ1) is 16.5. The molecule has 2 aliphatic heterocycles. The number of amides is 1. The maximum Gasteiger partial charge on any atom is 0.331 e. The Morgan fingerprint density at radius 1 is 1.15 bits per heavy atom. The molecule has 0 radical (unpaired) electrons. The zero-order valence-electron chi connectivity index (χ0n) is 18.4. The summed E-state index contributed by atoms with van der Waals surface area (Å²) in [7, 11) is 0. The quantitative estimate of drug-likeness (QED) is 0.598. The first-order valence-electron chi connectivity index (χ1n) is 10.9. The Kier molecular flexibility index (Phi) is 5.40. The van der Waals surface area contributed by atoms with Gasteiger partial charge in [0, 0.05) is 12.8 Å². The minimum atomic E-state index is -0.763. The van der Waals surface area contributed by atoms with Gasteiger partial charge in [0.05, 0.1) is 18.3 Å². The van der Waals surface area contributed by atoms with E-state index in [4.69, 9.17) is 9.47 Å². The summed E-state index contributed by atoms with van der Waals surface area (Å²) in [6.45, 7) is 1.90. The summed E-state index contributed by atoms with van der Waals surface area (Å²) < 4.78 is 11.9. The summed E-state index contributed by atoms with van der Waals surface area (Å²) in [4.78, 5) is 40.2. The van der Waals surface area contributed by atoms with E-state index in [1.54, 1.807) is 31.2 Å². The van der Waals surface area contributed by atoms with E-state index in [-0.39, 0.29) is 43.4 Å². The molecule has 3 aromatic rings. The van der Waals surface area contributed by atoms with Crippen LogP contribution in [0.3, 0.4) is 0 Å². The minimum Gasteiger partial charge on any atom is -0.494 e. The van der Waals surface area contributed by atoms with Crippen LogP contribution in [0.1, 0.15) is 42.5 Å². The number of carbonyl (C=O) groups excluding carboxylic acids is 1. The maximum atomic E-state index is 12.7. The summed E-state index contributed by atoms with van der Waals surface area (Å²) in [5, 5.41) is 16.7. The average Bonchev–Trinajstić information content (AvgIpc) is 3.48. The van der Waals surface area contributed by atoms with Crippen molar-refractivity contribution in [1.29, 1.82) is 0 Å². The van der Waals surface area contributed by atoms with E-state index in [9.17, 15) is 19.5 Å². The number of ether oxygens (including phenoxy) is 2. The summed E-state index contributed by atoms with van der Waals surface area (Å²) in [6, 6.07) is 13.9. The Balaban J connectivity index is 1.55. The van der Waals surface area contributed by atoms with Gasteiger partial charge in [-0.15, -0.1) is 0 Å². The first kappa shape index (κ1) is 21.5. The van der Waals surface area contributed by atoms with Crippen LogP contribution in [-0.4, -0.2) is 38.1 Å². The molecule has 10 heteroatoms. The molecule has 0 fully saturated rings. The molecule has 0 bridgehead atoms. The Labute approximate surface area is 193 Å². The molecule has 0 saturated heterocycles. The molecule has 0 spiro atoms. The van der Waals surface area contributed by atoms with Crippen molar-refractivity contribution in [3.8, 4) is 17.4 Å². The molecular formula is C24H22N4O6. The Hall–Kier alpha value is -4.34. The van der Waals surface area contributed by atoms with Gasteiger partial charge in [-0.05, 0) is 23.3 Å². The van der Waals surface area contributed by atoms with Crippen molar-refractivity contribution in [3.63, 3.8) is 0 Å². The highest BCUT2D eigenvalue weighted by molar-refractivity contribution is 6.04. The lowest BCUT2D eigenvalue weighted by atomic mass is 9.98. The lowest BCUT2D eigenvalue weighted by molar-refractivity contribution is -0.132. The molecule has 174 valence electrons. The first-order valence-corrected chi connectivity index (χ1v) is 10.9. The average molecular weight is 462 g/mol. The summed E-state index contributed by atoms with van der Waals surface area (Å²) in [5.41, 5.74) is 0.103. The monoisotopic (exact) mass is 462 g/mol. The van der Waals surface area contributed by atoms with Gasteiger partial charge in [-0.2, -0.15) is 5.10 Å². The lowest BCUT2D eigenvalue weighted by Gasteiger charge is -2.21. The van der Waals surface area contributed by atoms with Crippen molar-refractivity contribution in [3.05, 3.63) is 86.1 Å². The van der Waals surface area contributed by atoms with Crippen LogP contribution in [-0.2, 0) is 11.3 Å². The Morgan fingerprint density at radius 2 is 1.91 bits per heavy atom. The highest BCUT2D eigenvalue weighted by Gasteiger charge is 2.36. The molecule has 2 N–H and O–H groups in total. The molecule has 2 aromatic carbocycles. The fraction of sp³-hybridized carbons (Fsp3) is 0.250. The Morgan fingerprint density at radius 3 is 2.68 bits per heavy atom. The van der Waals surface area contributed by atoms with Gasteiger partial charge in [-0.1, -0.05) is 43.3 Å². The van der Waals surface area contributed by atoms with Crippen molar-refractivity contribution in [2.45, 2.75) is 32.4 Å². The molecule has 3 heterocycles. The van der Waals surface area contributed by atoms with Gasteiger partial charge in [0.15, 0.2) is 11.5 Å². The number of nitrogens with zero attached hydrogens (tertiary/aromatic N) is 3. The van der Waals surface area contributed by atoms with Gasteiger partial charge < -0.3 is 14.6 Å². The number of hydrogen-bond donors (Lipinski definition) is 2. The van der Waals surface area contributed by atoms with E-state index in [1.165, 1.54) is 5.01 Å². The molecule has 1 aromatic heterocycles. The van der Waals surface area contributed by atoms with E-state index in [0.717, 1.165) is 15.7 Å². The van der Waals surface area contributed by atoms with E-state index in [1.807, 2.05) is 24.3 Å². The number of H-pyrrole nitrogens is 1. The molecule has 1 atom stereocenters. The van der Waals surface area contributed by atoms with Gasteiger partial charge in [-0.3, -0.25) is 19.1 Å². The van der Waals surface area contributed by atoms with Crippen LogP contribution in [0.4, 0.5) is 0 Å². The number of aromatic nitrogens is 2. The second-order valence-corrected chi connectivity index (χ2v) is 8.00. The highest BCUT2D eigenvalue weighted by Crippen LogP contribution is 2.39. The zero-order valence-corrected chi connectivity index (χ0v) is 18.4. The fourth-order valence-corrected chi connectivity index (χ4v) is 4.17. The third kappa shape index (κ3) is 3.72. The molecule has 1 amide bonds. The predicted octanol–water partition coefficient (Wildman–Crippen LogP) is 2.11. The number of fused-ring (bicyclic) bond motifs is 1. The predicted molar refractivity (Wildman–Crippen MR) is 122 cm³/mol. The van der Waals surface area contributed by atoms with Crippen LogP contribution in [0.5, 0.6) is 17.4 Å². The van der Waals surface area contributed by atoms with E-state index in [2.05, 4.69) is 10.1 Å². The van der Waals surface area contributed by atoms with Crippen molar-refractivity contribution >= 4 is 11.6 Å². The number of aromatic amines is 1. The van der Waals surface area contributed by atoms with Crippen molar-refractivity contribution in [1.82, 2.24) is 14.6 Å². The third-order valence-electron chi connectivity index (χ3n) is 5.89. The van der Waals surface area contributed by atoms with Gasteiger partial charge in [0.2, 0.25) is 18.6 Å². The standard InChI is InChI=1S/C24H22N4O6/c1-2-20(29)28-17(15-8-9-18-19(10-15)34-13-33-18)11-16(26-28)21-22(30)25-24(32)27(23(21)31)12-14-6-4-3-5-7-14/h3-10,17,31H,2,11-13H2,1H3,(H,25,30,32). The SMILES string of the molecule is CCC(=O)N1N=C(c2c(O)n(Cc3ccccc3)c(=O)[nH]c2=O)CC1c1ccc2c(c1)OCO2. The topological polar surface area (TPSA) is 126 Å². The molecule has 5 rings (SSSR count). The summed E-state index contributed by atoms with van der Waals surface area (Å²) in [6.07, 6.45) is 0.374. The second-order valence-electron chi connectivity index (χ2n) is 8.00. The van der Waals surface area contributed by atoms with Crippen molar-refractivity contribution in [2.24, 2.45) is 5.10 Å². The number of benzene rings is 2. The molecule has 0 saturated carbocycles.